The molecule has 2 aromatic rings. The van der Waals surface area contributed by atoms with Gasteiger partial charge in [-0.2, -0.15) is 0 Å². The summed E-state index contributed by atoms with van der Waals surface area (Å²) in [6, 6.07) is 15.4. The van der Waals surface area contributed by atoms with Crippen molar-refractivity contribution in [3.63, 3.8) is 0 Å². The van der Waals surface area contributed by atoms with Crippen LogP contribution in [-0.2, 0) is 16.2 Å². The number of amides is 1. The zero-order valence-corrected chi connectivity index (χ0v) is 14.2. The van der Waals surface area contributed by atoms with Crippen LogP contribution in [0.4, 0.5) is 0 Å². The molecule has 5 nitrogen and oxygen atoms in total. The lowest BCUT2D eigenvalue weighted by molar-refractivity contribution is -0.131. The molecule has 2 rings (SSSR count). The highest BCUT2D eigenvalue weighted by atomic mass is 16.6. The summed E-state index contributed by atoms with van der Waals surface area (Å²) in [6.45, 7) is 4.02. The number of methoxy groups -OCH3 is 1. The van der Waals surface area contributed by atoms with Crippen molar-refractivity contribution >= 4 is 12.1 Å². The number of carbonyl (C=O) groups is 1. The lowest BCUT2D eigenvalue weighted by atomic mass is 10.1. The van der Waals surface area contributed by atoms with Crippen molar-refractivity contribution in [1.82, 2.24) is 5.32 Å². The first-order valence-electron chi connectivity index (χ1n) is 7.76. The smallest absolute Gasteiger partial charge is 0.263 e. The lowest BCUT2D eigenvalue weighted by Gasteiger charge is -2.12. The van der Waals surface area contributed by atoms with Crippen LogP contribution >= 0.6 is 0 Å². The summed E-state index contributed by atoms with van der Waals surface area (Å²) in [7, 11) is 1.60. The minimum atomic E-state index is -0.681. The molecular formula is C19H22N2O3. The number of nitrogens with one attached hydrogen (secondary N) is 1. The molecule has 0 aromatic heterocycles. The van der Waals surface area contributed by atoms with Crippen molar-refractivity contribution in [1.29, 1.82) is 0 Å². The topological polar surface area (TPSA) is 59.9 Å². The molecule has 0 fully saturated rings. The van der Waals surface area contributed by atoms with E-state index in [1.165, 1.54) is 0 Å². The summed E-state index contributed by atoms with van der Waals surface area (Å²) in [5.41, 5.74) is 2.96. The van der Waals surface area contributed by atoms with Crippen LogP contribution in [0.2, 0.25) is 0 Å². The van der Waals surface area contributed by atoms with E-state index in [4.69, 9.17) is 9.57 Å². The average Bonchev–Trinajstić information content (AvgIpc) is 2.61. The Balaban J connectivity index is 1.85. The summed E-state index contributed by atoms with van der Waals surface area (Å²) in [6.07, 6.45) is 0.930. The van der Waals surface area contributed by atoms with E-state index in [1.807, 2.05) is 55.5 Å². The molecule has 0 spiro atoms. The molecular weight excluding hydrogens is 304 g/mol. The van der Waals surface area contributed by atoms with Gasteiger partial charge >= 0.3 is 0 Å². The Labute approximate surface area is 142 Å². The summed E-state index contributed by atoms with van der Waals surface area (Å²) in [5.74, 6) is 0.506. The molecule has 1 N–H and O–H groups in total. The van der Waals surface area contributed by atoms with E-state index in [-0.39, 0.29) is 5.91 Å². The third-order valence-electron chi connectivity index (χ3n) is 3.61. The lowest BCUT2D eigenvalue weighted by Crippen LogP contribution is -2.33. The fraction of sp³-hybridized carbons (Fsp3) is 0.263. The van der Waals surface area contributed by atoms with E-state index in [1.54, 1.807) is 20.2 Å². The number of nitrogens with zero attached hydrogens (tertiary/aromatic N) is 1. The predicted octanol–water partition coefficient (Wildman–Crippen LogP) is 3.06. The fourth-order valence-corrected chi connectivity index (χ4v) is 2.13. The van der Waals surface area contributed by atoms with Crippen molar-refractivity contribution < 1.29 is 14.4 Å². The maximum atomic E-state index is 12.1. The Hall–Kier alpha value is -2.82. The summed E-state index contributed by atoms with van der Waals surface area (Å²) >= 11 is 0. The molecule has 0 saturated heterocycles. The van der Waals surface area contributed by atoms with Gasteiger partial charge in [0.1, 0.15) is 5.75 Å². The number of oxime groups is 1. The number of para-hydroxylation sites is 1. The highest BCUT2D eigenvalue weighted by Gasteiger charge is 2.14. The largest absolute Gasteiger partial charge is 0.496 e. The summed E-state index contributed by atoms with van der Waals surface area (Å²) in [5, 5.41) is 6.72. The molecule has 1 atom stereocenters. The second-order valence-corrected chi connectivity index (χ2v) is 5.37. The predicted molar refractivity (Wildman–Crippen MR) is 94.2 cm³/mol. The maximum absolute atomic E-state index is 12.1. The maximum Gasteiger partial charge on any atom is 0.263 e. The van der Waals surface area contributed by atoms with E-state index in [9.17, 15) is 4.79 Å². The van der Waals surface area contributed by atoms with Gasteiger partial charge in [0.15, 0.2) is 0 Å². The molecule has 0 heterocycles. The van der Waals surface area contributed by atoms with Gasteiger partial charge in [-0.1, -0.05) is 47.6 Å². The minimum Gasteiger partial charge on any atom is -0.496 e. The second-order valence-electron chi connectivity index (χ2n) is 5.37. The summed E-state index contributed by atoms with van der Waals surface area (Å²) in [4.78, 5) is 17.3. The normalized spacial score (nSPS) is 12.0. The number of ether oxygens (including phenoxy) is 1. The molecule has 0 aliphatic heterocycles. The van der Waals surface area contributed by atoms with E-state index >= 15 is 0 Å². The van der Waals surface area contributed by atoms with Crippen LogP contribution in [0.15, 0.2) is 53.7 Å². The highest BCUT2D eigenvalue weighted by Crippen LogP contribution is 2.16. The third kappa shape index (κ3) is 4.84. The molecule has 1 amide bonds. The number of hydrogen-bond acceptors (Lipinski definition) is 4. The standard InChI is InChI=1S/C19H22N2O3/c1-14-8-4-5-9-16(14)13-21-24-15(2)19(22)20-12-17-10-6-7-11-18(17)23-3/h4-11,13,15H,12H2,1-3H3,(H,20,22)/b21-13+. The first kappa shape index (κ1) is 17.5. The molecule has 0 aliphatic rings. The van der Waals surface area contributed by atoms with Crippen LogP contribution in [0.3, 0.4) is 0 Å². The number of benzene rings is 2. The molecule has 0 bridgehead atoms. The molecule has 2 aromatic carbocycles. The zero-order chi connectivity index (χ0) is 17.4. The van der Waals surface area contributed by atoms with Gasteiger partial charge in [-0.25, -0.2) is 0 Å². The van der Waals surface area contributed by atoms with Crippen LogP contribution in [0.25, 0.3) is 0 Å². The average molecular weight is 326 g/mol. The summed E-state index contributed by atoms with van der Waals surface area (Å²) < 4.78 is 5.26. The fourth-order valence-electron chi connectivity index (χ4n) is 2.13. The first-order chi connectivity index (χ1) is 11.6. The Bertz CT molecular complexity index is 713. The van der Waals surface area contributed by atoms with Crippen LogP contribution in [0.5, 0.6) is 5.75 Å². The Morgan fingerprint density at radius 1 is 1.21 bits per heavy atom. The Morgan fingerprint density at radius 2 is 1.92 bits per heavy atom. The Morgan fingerprint density at radius 3 is 2.67 bits per heavy atom. The number of hydrogen-bond donors (Lipinski definition) is 1. The van der Waals surface area contributed by atoms with Crippen molar-refractivity contribution in [2.24, 2.45) is 5.16 Å². The number of aryl methyl sites for hydroxylation is 1. The highest BCUT2D eigenvalue weighted by molar-refractivity contribution is 5.82. The first-order valence-corrected chi connectivity index (χ1v) is 7.76. The molecule has 1 unspecified atom stereocenters. The molecule has 24 heavy (non-hydrogen) atoms. The van der Waals surface area contributed by atoms with E-state index in [0.717, 1.165) is 22.4 Å². The van der Waals surface area contributed by atoms with Crippen molar-refractivity contribution in [3.05, 3.63) is 65.2 Å². The molecule has 0 radical (unpaired) electrons. The molecule has 0 aliphatic carbocycles. The molecule has 0 saturated carbocycles. The Kier molecular flexibility index (Phi) is 6.37. The monoisotopic (exact) mass is 326 g/mol. The molecule has 5 heteroatoms. The van der Waals surface area contributed by atoms with Crippen molar-refractivity contribution in [3.8, 4) is 5.75 Å². The van der Waals surface area contributed by atoms with Gasteiger partial charge in [-0.15, -0.1) is 0 Å². The van der Waals surface area contributed by atoms with Gasteiger partial charge in [-0.3, -0.25) is 4.79 Å². The minimum absolute atomic E-state index is 0.233. The quantitative estimate of drug-likeness (QED) is 0.628. The van der Waals surface area contributed by atoms with Crippen LogP contribution in [0, 0.1) is 6.92 Å². The van der Waals surface area contributed by atoms with Crippen LogP contribution in [0.1, 0.15) is 23.6 Å². The van der Waals surface area contributed by atoms with E-state index in [0.29, 0.717) is 6.54 Å². The van der Waals surface area contributed by atoms with Gasteiger partial charge < -0.3 is 14.9 Å². The zero-order valence-electron chi connectivity index (χ0n) is 14.2. The number of carbonyl (C=O) groups excluding carboxylic acids is 1. The van der Waals surface area contributed by atoms with Crippen molar-refractivity contribution in [2.45, 2.75) is 26.5 Å². The van der Waals surface area contributed by atoms with Crippen LogP contribution < -0.4 is 10.1 Å². The molecule has 126 valence electrons. The van der Waals surface area contributed by atoms with Crippen LogP contribution in [-0.4, -0.2) is 25.3 Å². The third-order valence-corrected chi connectivity index (χ3v) is 3.61. The van der Waals surface area contributed by atoms with E-state index in [2.05, 4.69) is 10.5 Å². The van der Waals surface area contributed by atoms with Gasteiger partial charge in [-0.05, 0) is 31.0 Å². The van der Waals surface area contributed by atoms with Gasteiger partial charge in [0.2, 0.25) is 6.10 Å². The van der Waals surface area contributed by atoms with E-state index < -0.39 is 6.10 Å². The van der Waals surface area contributed by atoms with Gasteiger partial charge in [0.25, 0.3) is 5.91 Å². The number of rotatable bonds is 7. The SMILES string of the molecule is COc1ccccc1CNC(=O)C(C)O/N=C/c1ccccc1C. The van der Waals surface area contributed by atoms with Gasteiger partial charge in [0, 0.05) is 12.1 Å². The van der Waals surface area contributed by atoms with Crippen molar-refractivity contribution in [2.75, 3.05) is 7.11 Å². The second kappa shape index (κ2) is 8.72. The van der Waals surface area contributed by atoms with Gasteiger partial charge in [0.05, 0.1) is 13.3 Å².